The first-order valence-electron chi connectivity index (χ1n) is 6.86. The molecule has 0 spiro atoms. The van der Waals surface area contributed by atoms with Gasteiger partial charge < -0.3 is 0 Å². The molecule has 23 heavy (non-hydrogen) atoms. The number of nitrogens with zero attached hydrogens (tertiary/aromatic N) is 2. The van der Waals surface area contributed by atoms with Gasteiger partial charge in [-0.1, -0.05) is 24.3 Å². The van der Waals surface area contributed by atoms with Crippen LogP contribution in [-0.4, -0.2) is 15.7 Å². The fraction of sp³-hybridized carbons (Fsp3) is 0.0588. The highest BCUT2D eigenvalue weighted by atomic mass is 32.1. The van der Waals surface area contributed by atoms with Crippen LogP contribution in [0.2, 0.25) is 0 Å². The quantitative estimate of drug-likeness (QED) is 0.310. The van der Waals surface area contributed by atoms with Crippen LogP contribution in [0.15, 0.2) is 48.0 Å². The zero-order chi connectivity index (χ0) is 16.4. The van der Waals surface area contributed by atoms with Crippen molar-refractivity contribution < 1.29 is 9.72 Å². The predicted octanol–water partition coefficient (Wildman–Crippen LogP) is 4.33. The minimum absolute atomic E-state index is 0.00218. The lowest BCUT2D eigenvalue weighted by molar-refractivity contribution is -0.384. The van der Waals surface area contributed by atoms with E-state index in [-0.39, 0.29) is 11.5 Å². The number of ketones is 1. The third-order valence-electron chi connectivity index (χ3n) is 3.42. The molecule has 0 aliphatic rings. The maximum Gasteiger partial charge on any atom is 0.270 e. The summed E-state index contributed by atoms with van der Waals surface area (Å²) in [6.07, 6.45) is 1.68. The van der Waals surface area contributed by atoms with Gasteiger partial charge in [0.1, 0.15) is 0 Å². The number of rotatable bonds is 4. The van der Waals surface area contributed by atoms with Crippen LogP contribution in [0.25, 0.3) is 21.9 Å². The largest absolute Gasteiger partial charge is 0.294 e. The summed E-state index contributed by atoms with van der Waals surface area (Å²) in [5.74, 6) is -0.0996. The number of allylic oxidation sites excluding steroid dienone is 1. The van der Waals surface area contributed by atoms with E-state index >= 15 is 0 Å². The van der Waals surface area contributed by atoms with Crippen molar-refractivity contribution >= 4 is 44.7 Å². The van der Waals surface area contributed by atoms with Crippen LogP contribution in [0.4, 0.5) is 5.69 Å². The summed E-state index contributed by atoms with van der Waals surface area (Å²) in [4.78, 5) is 26.8. The third-order valence-corrected chi connectivity index (χ3v) is 4.29. The molecule has 0 bridgehead atoms. The number of non-ortho nitro benzene ring substituents is 1. The molecule has 0 amide bonds. The molecule has 0 saturated heterocycles. The Bertz CT molecular complexity index is 944. The van der Waals surface area contributed by atoms with Crippen LogP contribution < -0.4 is 0 Å². The van der Waals surface area contributed by atoms with Gasteiger partial charge in [-0.05, 0) is 24.6 Å². The molecule has 0 aliphatic carbocycles. The van der Waals surface area contributed by atoms with Gasteiger partial charge in [-0.15, -0.1) is 11.3 Å². The monoisotopic (exact) mass is 324 g/mol. The van der Waals surface area contributed by atoms with E-state index in [0.717, 1.165) is 15.8 Å². The zero-order valence-corrected chi connectivity index (χ0v) is 13.0. The first-order valence-corrected chi connectivity index (χ1v) is 7.74. The molecule has 0 aliphatic heterocycles. The van der Waals surface area contributed by atoms with Crippen molar-refractivity contribution in [3.8, 4) is 0 Å². The average Bonchev–Trinajstić information content (AvgIpc) is 3.01. The smallest absolute Gasteiger partial charge is 0.270 e. The molecule has 5 nitrogen and oxygen atoms in total. The van der Waals surface area contributed by atoms with Crippen molar-refractivity contribution in [1.29, 1.82) is 0 Å². The number of nitro benzene ring substituents is 1. The molecule has 0 radical (unpaired) electrons. The number of thiazole rings is 1. The van der Waals surface area contributed by atoms with Crippen LogP contribution in [0.3, 0.4) is 0 Å². The van der Waals surface area contributed by atoms with Gasteiger partial charge in [0.2, 0.25) is 0 Å². The summed E-state index contributed by atoms with van der Waals surface area (Å²) in [5.41, 5.74) is 4.49. The standard InChI is InChI=1S/C17H12N2O3S/c1-11(20)15(9-12-4-2-5-13(8-12)19(21)22)14-6-3-7-16-17(14)23-10-18-16/h2-10H,1H3/b15-9+. The number of aromatic nitrogens is 1. The third kappa shape index (κ3) is 3.02. The number of carbonyl (C=O) groups is 1. The first kappa shape index (κ1) is 15.1. The molecule has 2 aromatic carbocycles. The van der Waals surface area contributed by atoms with Crippen molar-refractivity contribution in [3.05, 3.63) is 69.2 Å². The van der Waals surface area contributed by atoms with E-state index in [0.29, 0.717) is 11.1 Å². The predicted molar refractivity (Wildman–Crippen MR) is 91.3 cm³/mol. The van der Waals surface area contributed by atoms with Gasteiger partial charge >= 0.3 is 0 Å². The molecule has 114 valence electrons. The second-order valence-electron chi connectivity index (χ2n) is 4.97. The summed E-state index contributed by atoms with van der Waals surface area (Å²) in [7, 11) is 0. The van der Waals surface area contributed by atoms with Crippen LogP contribution in [0.1, 0.15) is 18.1 Å². The fourth-order valence-electron chi connectivity index (χ4n) is 2.36. The van der Waals surface area contributed by atoms with Gasteiger partial charge in [0.15, 0.2) is 5.78 Å². The van der Waals surface area contributed by atoms with Gasteiger partial charge in [0, 0.05) is 23.3 Å². The number of hydrogen-bond acceptors (Lipinski definition) is 5. The van der Waals surface area contributed by atoms with Crippen molar-refractivity contribution in [1.82, 2.24) is 4.98 Å². The Hall–Kier alpha value is -2.86. The van der Waals surface area contributed by atoms with Crippen molar-refractivity contribution in [3.63, 3.8) is 0 Å². The van der Waals surface area contributed by atoms with Gasteiger partial charge in [-0.3, -0.25) is 14.9 Å². The number of benzene rings is 2. The molecule has 1 heterocycles. The molecular weight excluding hydrogens is 312 g/mol. The van der Waals surface area contributed by atoms with Crippen LogP contribution in [-0.2, 0) is 4.79 Å². The Morgan fingerprint density at radius 2 is 2.04 bits per heavy atom. The van der Waals surface area contributed by atoms with E-state index in [2.05, 4.69) is 4.98 Å². The van der Waals surface area contributed by atoms with Gasteiger partial charge in [0.05, 0.1) is 20.7 Å². The van der Waals surface area contributed by atoms with E-state index < -0.39 is 4.92 Å². The maximum absolute atomic E-state index is 12.1. The van der Waals surface area contributed by atoms with E-state index in [9.17, 15) is 14.9 Å². The minimum atomic E-state index is -0.450. The topological polar surface area (TPSA) is 73.1 Å². The summed E-state index contributed by atoms with van der Waals surface area (Å²) < 4.78 is 0.930. The van der Waals surface area contributed by atoms with Gasteiger partial charge in [-0.2, -0.15) is 0 Å². The SMILES string of the molecule is CC(=O)/C(=C\c1cccc([N+](=O)[O-])c1)c1cccc2ncsc12. The number of nitro groups is 1. The lowest BCUT2D eigenvalue weighted by atomic mass is 9.99. The zero-order valence-electron chi connectivity index (χ0n) is 12.2. The maximum atomic E-state index is 12.1. The Labute approximate surface area is 136 Å². The van der Waals surface area contributed by atoms with Crippen LogP contribution >= 0.6 is 11.3 Å². The van der Waals surface area contributed by atoms with Crippen molar-refractivity contribution in [2.75, 3.05) is 0 Å². The normalized spacial score (nSPS) is 11.6. The molecule has 6 heteroatoms. The molecule has 0 unspecified atom stereocenters. The Kier molecular flexibility index (Phi) is 3.99. The molecule has 0 N–H and O–H groups in total. The second-order valence-corrected chi connectivity index (χ2v) is 5.83. The summed E-state index contributed by atoms with van der Waals surface area (Å²) in [5, 5.41) is 10.9. The van der Waals surface area contributed by atoms with Crippen molar-refractivity contribution in [2.24, 2.45) is 0 Å². The van der Waals surface area contributed by atoms with E-state index in [1.165, 1.54) is 30.4 Å². The highest BCUT2D eigenvalue weighted by Crippen LogP contribution is 2.30. The number of hydrogen-bond donors (Lipinski definition) is 0. The molecule has 0 atom stereocenters. The summed E-state index contributed by atoms with van der Waals surface area (Å²) in [6, 6.07) is 11.8. The molecule has 3 aromatic rings. The summed E-state index contributed by atoms with van der Waals surface area (Å²) >= 11 is 1.47. The Morgan fingerprint density at radius 1 is 1.26 bits per heavy atom. The minimum Gasteiger partial charge on any atom is -0.294 e. The van der Waals surface area contributed by atoms with Crippen molar-refractivity contribution in [2.45, 2.75) is 6.92 Å². The van der Waals surface area contributed by atoms with Crippen LogP contribution in [0.5, 0.6) is 0 Å². The first-order chi connectivity index (χ1) is 11.1. The number of fused-ring (bicyclic) bond motifs is 1. The van der Waals surface area contributed by atoms with Gasteiger partial charge in [-0.25, -0.2) is 4.98 Å². The molecule has 0 saturated carbocycles. The summed E-state index contributed by atoms with van der Waals surface area (Å²) in [6.45, 7) is 1.49. The average molecular weight is 324 g/mol. The van der Waals surface area contributed by atoms with E-state index in [4.69, 9.17) is 0 Å². The van der Waals surface area contributed by atoms with Crippen LogP contribution in [0, 0.1) is 10.1 Å². The van der Waals surface area contributed by atoms with E-state index in [1.54, 1.807) is 23.7 Å². The Morgan fingerprint density at radius 3 is 2.78 bits per heavy atom. The molecular formula is C17H12N2O3S. The number of carbonyl (C=O) groups excluding carboxylic acids is 1. The molecule has 0 fully saturated rings. The highest BCUT2D eigenvalue weighted by molar-refractivity contribution is 7.17. The second kappa shape index (κ2) is 6.10. The lowest BCUT2D eigenvalue weighted by Crippen LogP contribution is -1.96. The number of Topliss-reactive ketones (excluding diaryl/α,β-unsaturated/α-hetero) is 1. The Balaban J connectivity index is 2.16. The highest BCUT2D eigenvalue weighted by Gasteiger charge is 2.13. The van der Waals surface area contributed by atoms with Gasteiger partial charge in [0.25, 0.3) is 5.69 Å². The molecule has 1 aromatic heterocycles. The lowest BCUT2D eigenvalue weighted by Gasteiger charge is -2.06. The fourth-order valence-corrected chi connectivity index (χ4v) is 3.18. The van der Waals surface area contributed by atoms with E-state index in [1.807, 2.05) is 18.2 Å². The molecule has 3 rings (SSSR count).